The molecule has 1 aromatic carbocycles. The minimum atomic E-state index is -3.66. The van der Waals surface area contributed by atoms with Crippen LogP contribution >= 0.6 is 0 Å². The Labute approximate surface area is 107 Å². The minimum Gasteiger partial charge on any atom is -0.506 e. The molecule has 0 aliphatic rings. The topological polar surface area (TPSA) is 83.6 Å². The first-order valence-corrected chi connectivity index (χ1v) is 6.68. The summed E-state index contributed by atoms with van der Waals surface area (Å²) in [5, 5.41) is 9.29. The molecule has 0 amide bonds. The molecule has 0 radical (unpaired) electrons. The lowest BCUT2D eigenvalue weighted by molar-refractivity contribution is 0.471. The monoisotopic (exact) mass is 268 g/mol. The number of benzene rings is 1. The van der Waals surface area contributed by atoms with Crippen LogP contribution in [0.3, 0.4) is 0 Å². The highest BCUT2D eigenvalue weighted by Gasteiger charge is 2.22. The Morgan fingerprint density at radius 2 is 1.83 bits per heavy atom. The lowest BCUT2D eigenvalue weighted by Crippen LogP contribution is -2.31. The summed E-state index contributed by atoms with van der Waals surface area (Å²) in [6.07, 6.45) is 2.98. The lowest BCUT2D eigenvalue weighted by Gasteiger charge is -2.19. The highest BCUT2D eigenvalue weighted by molar-refractivity contribution is 7.89. The molecular weight excluding hydrogens is 252 g/mol. The number of phenols is 1. The van der Waals surface area contributed by atoms with Crippen LogP contribution in [-0.4, -0.2) is 30.9 Å². The normalized spacial score (nSPS) is 11.4. The predicted octanol–water partition coefficient (Wildman–Crippen LogP) is 1.34. The van der Waals surface area contributed by atoms with E-state index < -0.39 is 10.0 Å². The summed E-state index contributed by atoms with van der Waals surface area (Å²) in [6, 6.07) is 3.78. The van der Waals surface area contributed by atoms with Crippen molar-refractivity contribution in [1.82, 2.24) is 4.31 Å². The summed E-state index contributed by atoms with van der Waals surface area (Å²) < 4.78 is 25.7. The van der Waals surface area contributed by atoms with Crippen molar-refractivity contribution in [3.63, 3.8) is 0 Å². The van der Waals surface area contributed by atoms with Crippen molar-refractivity contribution in [2.45, 2.75) is 4.90 Å². The number of hydrogen-bond acceptors (Lipinski definition) is 4. The fourth-order valence-corrected chi connectivity index (χ4v) is 2.82. The number of nitrogens with zero attached hydrogens (tertiary/aromatic N) is 1. The van der Waals surface area contributed by atoms with Gasteiger partial charge in [-0.2, -0.15) is 4.31 Å². The zero-order valence-corrected chi connectivity index (χ0v) is 10.7. The summed E-state index contributed by atoms with van der Waals surface area (Å²) in [7, 11) is -3.66. The number of aromatic hydroxyl groups is 1. The summed E-state index contributed by atoms with van der Waals surface area (Å²) >= 11 is 0. The van der Waals surface area contributed by atoms with E-state index in [0.29, 0.717) is 0 Å². The van der Waals surface area contributed by atoms with E-state index in [4.69, 9.17) is 5.73 Å². The molecule has 0 saturated carbocycles. The van der Waals surface area contributed by atoms with Crippen LogP contribution in [0.15, 0.2) is 48.4 Å². The van der Waals surface area contributed by atoms with Crippen molar-refractivity contribution in [1.29, 1.82) is 0 Å². The van der Waals surface area contributed by atoms with E-state index in [1.54, 1.807) is 0 Å². The first-order valence-electron chi connectivity index (χ1n) is 5.24. The first kappa shape index (κ1) is 14.3. The Hall–Kier alpha value is -1.79. The van der Waals surface area contributed by atoms with Gasteiger partial charge in [0, 0.05) is 13.1 Å². The molecule has 0 fully saturated rings. The zero-order chi connectivity index (χ0) is 13.8. The van der Waals surface area contributed by atoms with E-state index in [0.717, 1.165) is 0 Å². The molecule has 0 bridgehead atoms. The molecule has 1 aromatic rings. The molecule has 0 saturated heterocycles. The Morgan fingerprint density at radius 3 is 2.28 bits per heavy atom. The van der Waals surface area contributed by atoms with Crippen LogP contribution in [0.1, 0.15) is 0 Å². The van der Waals surface area contributed by atoms with Crippen molar-refractivity contribution in [2.24, 2.45) is 0 Å². The van der Waals surface area contributed by atoms with Gasteiger partial charge in [0.05, 0.1) is 10.6 Å². The predicted molar refractivity (Wildman–Crippen MR) is 71.7 cm³/mol. The van der Waals surface area contributed by atoms with Gasteiger partial charge in [0.15, 0.2) is 0 Å². The second-order valence-corrected chi connectivity index (χ2v) is 5.56. The second-order valence-electron chi connectivity index (χ2n) is 3.62. The van der Waals surface area contributed by atoms with Gasteiger partial charge in [0.1, 0.15) is 5.75 Å². The quantitative estimate of drug-likeness (QED) is 0.463. The molecule has 6 heteroatoms. The van der Waals surface area contributed by atoms with E-state index in [-0.39, 0.29) is 29.4 Å². The van der Waals surface area contributed by atoms with E-state index in [2.05, 4.69) is 13.2 Å². The largest absolute Gasteiger partial charge is 0.506 e. The number of phenolic OH excluding ortho intramolecular Hbond substituents is 1. The molecule has 98 valence electrons. The van der Waals surface area contributed by atoms with Gasteiger partial charge in [-0.3, -0.25) is 0 Å². The Kier molecular flexibility index (Phi) is 4.52. The first-order chi connectivity index (χ1) is 8.43. The highest BCUT2D eigenvalue weighted by Crippen LogP contribution is 2.25. The molecule has 0 aliphatic carbocycles. The van der Waals surface area contributed by atoms with Gasteiger partial charge in [-0.15, -0.1) is 13.2 Å². The average Bonchev–Trinajstić information content (AvgIpc) is 2.32. The van der Waals surface area contributed by atoms with E-state index in [1.807, 2.05) is 0 Å². The van der Waals surface area contributed by atoms with Gasteiger partial charge in [-0.05, 0) is 18.2 Å². The number of nitrogen functional groups attached to an aromatic ring is 1. The standard InChI is InChI=1S/C12H16N2O3S/c1-3-7-14(8-4-2)18(16,17)10-5-6-12(15)11(13)9-10/h3-6,9,15H,1-2,7-8,13H2. The minimum absolute atomic E-state index is 0.0215. The van der Waals surface area contributed by atoms with Gasteiger partial charge >= 0.3 is 0 Å². The maximum Gasteiger partial charge on any atom is 0.243 e. The number of rotatable bonds is 6. The molecule has 0 spiro atoms. The average molecular weight is 268 g/mol. The van der Waals surface area contributed by atoms with Crippen LogP contribution in [0.4, 0.5) is 5.69 Å². The Balaban J connectivity index is 3.21. The van der Waals surface area contributed by atoms with Crippen molar-refractivity contribution in [2.75, 3.05) is 18.8 Å². The van der Waals surface area contributed by atoms with Crippen LogP contribution < -0.4 is 5.73 Å². The van der Waals surface area contributed by atoms with Crippen LogP contribution in [0.5, 0.6) is 5.75 Å². The van der Waals surface area contributed by atoms with Gasteiger partial charge in [0.2, 0.25) is 10.0 Å². The van der Waals surface area contributed by atoms with Crippen molar-refractivity contribution in [3.05, 3.63) is 43.5 Å². The second kappa shape index (κ2) is 5.70. The smallest absolute Gasteiger partial charge is 0.243 e. The number of anilines is 1. The molecule has 0 aliphatic heterocycles. The number of sulfonamides is 1. The third-order valence-electron chi connectivity index (χ3n) is 2.30. The lowest BCUT2D eigenvalue weighted by atomic mass is 10.3. The number of hydrogen-bond donors (Lipinski definition) is 2. The van der Waals surface area contributed by atoms with Gasteiger partial charge < -0.3 is 10.8 Å². The van der Waals surface area contributed by atoms with Crippen LogP contribution in [0, 0.1) is 0 Å². The Bertz CT molecular complexity index is 542. The van der Waals surface area contributed by atoms with Crippen molar-refractivity contribution < 1.29 is 13.5 Å². The molecular formula is C12H16N2O3S. The van der Waals surface area contributed by atoms with Crippen LogP contribution in [0.25, 0.3) is 0 Å². The molecule has 3 N–H and O–H groups in total. The van der Waals surface area contributed by atoms with Crippen LogP contribution in [0.2, 0.25) is 0 Å². The third-order valence-corrected chi connectivity index (χ3v) is 4.13. The Morgan fingerprint density at radius 1 is 1.28 bits per heavy atom. The maximum absolute atomic E-state index is 12.3. The SMILES string of the molecule is C=CCN(CC=C)S(=O)(=O)c1ccc(O)c(N)c1. The van der Waals surface area contributed by atoms with Crippen molar-refractivity contribution >= 4 is 15.7 Å². The van der Waals surface area contributed by atoms with E-state index in [9.17, 15) is 13.5 Å². The summed E-state index contributed by atoms with van der Waals surface area (Å²) in [5.41, 5.74) is 5.51. The maximum atomic E-state index is 12.3. The van der Waals surface area contributed by atoms with Gasteiger partial charge in [0.25, 0.3) is 0 Å². The molecule has 0 aromatic heterocycles. The summed E-state index contributed by atoms with van der Waals surface area (Å²) in [5.74, 6) is -0.145. The zero-order valence-electron chi connectivity index (χ0n) is 9.91. The summed E-state index contributed by atoms with van der Waals surface area (Å²) in [6.45, 7) is 7.38. The van der Waals surface area contributed by atoms with Crippen LogP contribution in [-0.2, 0) is 10.0 Å². The molecule has 0 atom stereocenters. The fourth-order valence-electron chi connectivity index (χ4n) is 1.40. The molecule has 5 nitrogen and oxygen atoms in total. The van der Waals surface area contributed by atoms with Gasteiger partial charge in [-0.25, -0.2) is 8.42 Å². The molecule has 0 heterocycles. The number of nitrogens with two attached hydrogens (primary N) is 1. The van der Waals surface area contributed by atoms with E-state index in [1.165, 1.54) is 34.7 Å². The fraction of sp³-hybridized carbons (Fsp3) is 0.167. The molecule has 0 unspecified atom stereocenters. The van der Waals surface area contributed by atoms with E-state index >= 15 is 0 Å². The van der Waals surface area contributed by atoms with Gasteiger partial charge in [-0.1, -0.05) is 12.2 Å². The molecule has 1 rings (SSSR count). The summed E-state index contributed by atoms with van der Waals surface area (Å²) in [4.78, 5) is 0.0292. The van der Waals surface area contributed by atoms with Crippen molar-refractivity contribution in [3.8, 4) is 5.75 Å². The molecule has 18 heavy (non-hydrogen) atoms. The third kappa shape index (κ3) is 2.91. The highest BCUT2D eigenvalue weighted by atomic mass is 32.2.